The van der Waals surface area contributed by atoms with Gasteiger partial charge in [0.05, 0.1) is 7.11 Å². The number of hydrogen-bond donors (Lipinski definition) is 0. The molecule has 2 bridgehead atoms. The largest absolute Gasteiger partial charge is 0.493 e. The Morgan fingerprint density at radius 2 is 1.93 bits per heavy atom. The van der Waals surface area contributed by atoms with Crippen molar-refractivity contribution >= 4 is 16.9 Å². The van der Waals surface area contributed by atoms with Crippen molar-refractivity contribution in [2.75, 3.05) is 20.2 Å². The molecule has 0 saturated carbocycles. The zero-order valence-corrected chi connectivity index (χ0v) is 16.0. The highest BCUT2D eigenvalue weighted by atomic mass is 16.5. The SMILES string of the molecule is COc1cccc2cc(C(=O)N3CC4CC(C3)c3cccc(=O)n3C4)c(=O)oc12. The van der Waals surface area contributed by atoms with Gasteiger partial charge in [0.25, 0.3) is 11.5 Å². The summed E-state index contributed by atoms with van der Waals surface area (Å²) >= 11 is 0. The van der Waals surface area contributed by atoms with Gasteiger partial charge in [-0.05, 0) is 30.5 Å². The van der Waals surface area contributed by atoms with Gasteiger partial charge in [-0.25, -0.2) is 4.79 Å². The summed E-state index contributed by atoms with van der Waals surface area (Å²) in [6.07, 6.45) is 0.941. The second-order valence-electron chi connectivity index (χ2n) is 7.73. The number of benzene rings is 1. The molecule has 4 heterocycles. The Balaban J connectivity index is 1.50. The molecule has 7 heteroatoms. The molecule has 1 amide bonds. The minimum absolute atomic E-state index is 0.00102. The minimum Gasteiger partial charge on any atom is -0.493 e. The summed E-state index contributed by atoms with van der Waals surface area (Å²) in [7, 11) is 1.50. The van der Waals surface area contributed by atoms with E-state index in [-0.39, 0.29) is 28.9 Å². The van der Waals surface area contributed by atoms with Crippen molar-refractivity contribution in [3.05, 3.63) is 74.5 Å². The van der Waals surface area contributed by atoms with E-state index in [4.69, 9.17) is 9.15 Å². The fraction of sp³-hybridized carbons (Fsp3) is 0.318. The van der Waals surface area contributed by atoms with E-state index in [0.29, 0.717) is 36.4 Å². The van der Waals surface area contributed by atoms with Gasteiger partial charge >= 0.3 is 5.63 Å². The number of nitrogens with zero attached hydrogens (tertiary/aromatic N) is 2. The summed E-state index contributed by atoms with van der Waals surface area (Å²) in [5.74, 6) is 0.406. The average Bonchev–Trinajstić information content (AvgIpc) is 2.73. The Kier molecular flexibility index (Phi) is 4.04. The topological polar surface area (TPSA) is 81.8 Å². The molecule has 0 radical (unpaired) electrons. The van der Waals surface area contributed by atoms with Gasteiger partial charge in [-0.3, -0.25) is 9.59 Å². The van der Waals surface area contributed by atoms with Gasteiger partial charge in [0.15, 0.2) is 11.3 Å². The molecule has 29 heavy (non-hydrogen) atoms. The van der Waals surface area contributed by atoms with Crippen LogP contribution in [0, 0.1) is 5.92 Å². The lowest BCUT2D eigenvalue weighted by molar-refractivity contribution is 0.0590. The van der Waals surface area contributed by atoms with Crippen LogP contribution in [0.15, 0.2) is 56.5 Å². The molecule has 1 fully saturated rings. The molecule has 2 aliphatic heterocycles. The van der Waals surface area contributed by atoms with Crippen molar-refractivity contribution in [3.63, 3.8) is 0 Å². The molecule has 3 aromatic rings. The second kappa shape index (κ2) is 6.62. The van der Waals surface area contributed by atoms with E-state index in [0.717, 1.165) is 12.1 Å². The number of ether oxygens (including phenoxy) is 1. The van der Waals surface area contributed by atoms with Crippen LogP contribution in [-0.2, 0) is 6.54 Å². The van der Waals surface area contributed by atoms with Crippen LogP contribution in [0.5, 0.6) is 5.75 Å². The highest BCUT2D eigenvalue weighted by Gasteiger charge is 2.37. The van der Waals surface area contributed by atoms with Crippen LogP contribution >= 0.6 is 0 Å². The van der Waals surface area contributed by atoms with Crippen molar-refractivity contribution in [1.82, 2.24) is 9.47 Å². The first-order valence-corrected chi connectivity index (χ1v) is 9.65. The predicted molar refractivity (Wildman–Crippen MR) is 106 cm³/mol. The molecule has 2 unspecified atom stereocenters. The summed E-state index contributed by atoms with van der Waals surface area (Å²) in [6.45, 7) is 1.60. The summed E-state index contributed by atoms with van der Waals surface area (Å²) in [5, 5.41) is 0.640. The number of methoxy groups -OCH3 is 1. The highest BCUT2D eigenvalue weighted by molar-refractivity contribution is 5.97. The standard InChI is InChI=1S/C22H20N2O5/c1-28-18-6-2-4-14-9-16(22(27)29-20(14)18)21(26)23-10-13-8-15(12-23)17-5-3-7-19(25)24(17)11-13/h2-7,9,13,15H,8,10-12H2,1H3. The van der Waals surface area contributed by atoms with E-state index in [9.17, 15) is 14.4 Å². The molecular formula is C22H20N2O5. The maximum absolute atomic E-state index is 13.2. The second-order valence-corrected chi connectivity index (χ2v) is 7.73. The number of amides is 1. The summed E-state index contributed by atoms with van der Waals surface area (Å²) in [4.78, 5) is 39.6. The Labute approximate surface area is 166 Å². The number of pyridine rings is 1. The van der Waals surface area contributed by atoms with Crippen molar-refractivity contribution in [2.45, 2.75) is 18.9 Å². The maximum Gasteiger partial charge on any atom is 0.349 e. The van der Waals surface area contributed by atoms with Crippen LogP contribution in [0.1, 0.15) is 28.4 Å². The fourth-order valence-electron chi connectivity index (χ4n) is 4.66. The van der Waals surface area contributed by atoms with Gasteiger partial charge in [0.1, 0.15) is 5.56 Å². The molecule has 148 valence electrons. The van der Waals surface area contributed by atoms with Crippen LogP contribution in [0.2, 0.25) is 0 Å². The van der Waals surface area contributed by atoms with E-state index >= 15 is 0 Å². The van der Waals surface area contributed by atoms with Crippen LogP contribution in [0.25, 0.3) is 11.0 Å². The quantitative estimate of drug-likeness (QED) is 0.625. The number of likely N-dealkylation sites (tertiary alicyclic amines) is 1. The summed E-state index contributed by atoms with van der Waals surface area (Å²) in [5.41, 5.74) is 0.651. The molecule has 1 saturated heterocycles. The Morgan fingerprint density at radius 3 is 2.76 bits per heavy atom. The van der Waals surface area contributed by atoms with Crippen LogP contribution in [0.4, 0.5) is 0 Å². The number of rotatable bonds is 2. The molecule has 7 nitrogen and oxygen atoms in total. The smallest absolute Gasteiger partial charge is 0.349 e. The molecular weight excluding hydrogens is 372 g/mol. The highest BCUT2D eigenvalue weighted by Crippen LogP contribution is 2.35. The number of fused-ring (bicyclic) bond motifs is 5. The van der Waals surface area contributed by atoms with Crippen molar-refractivity contribution in [2.24, 2.45) is 5.92 Å². The van der Waals surface area contributed by atoms with Gasteiger partial charge in [0.2, 0.25) is 0 Å². The zero-order valence-electron chi connectivity index (χ0n) is 16.0. The maximum atomic E-state index is 13.2. The Bertz CT molecular complexity index is 1240. The monoisotopic (exact) mass is 392 g/mol. The van der Waals surface area contributed by atoms with Crippen LogP contribution in [0.3, 0.4) is 0 Å². The first-order valence-electron chi connectivity index (χ1n) is 9.65. The number of hydrogen-bond acceptors (Lipinski definition) is 5. The number of carbonyl (C=O) groups is 1. The fourth-order valence-corrected chi connectivity index (χ4v) is 4.66. The third-order valence-electron chi connectivity index (χ3n) is 5.94. The minimum atomic E-state index is -0.667. The van der Waals surface area contributed by atoms with E-state index in [1.165, 1.54) is 7.11 Å². The van der Waals surface area contributed by atoms with Gasteiger partial charge < -0.3 is 18.6 Å². The average molecular weight is 392 g/mol. The van der Waals surface area contributed by atoms with E-state index in [1.807, 2.05) is 10.6 Å². The summed E-state index contributed by atoms with van der Waals surface area (Å²) < 4.78 is 12.5. The molecule has 1 aromatic carbocycles. The van der Waals surface area contributed by atoms with Crippen molar-refractivity contribution in [1.29, 1.82) is 0 Å². The molecule has 2 aromatic heterocycles. The number of aromatic nitrogens is 1. The van der Waals surface area contributed by atoms with Gasteiger partial charge in [0, 0.05) is 42.7 Å². The predicted octanol–water partition coefficient (Wildman–Crippen LogP) is 2.22. The first-order chi connectivity index (χ1) is 14.0. The molecule has 0 spiro atoms. The first kappa shape index (κ1) is 17.7. The van der Waals surface area contributed by atoms with Gasteiger partial charge in [-0.15, -0.1) is 0 Å². The lowest BCUT2D eigenvalue weighted by Gasteiger charge is -2.42. The van der Waals surface area contributed by atoms with Crippen LogP contribution in [-0.4, -0.2) is 35.6 Å². The van der Waals surface area contributed by atoms with Crippen molar-refractivity contribution in [3.8, 4) is 5.75 Å². The third kappa shape index (κ3) is 2.85. The summed E-state index contributed by atoms with van der Waals surface area (Å²) in [6, 6.07) is 12.1. The van der Waals surface area contributed by atoms with Crippen LogP contribution < -0.4 is 15.9 Å². The lowest BCUT2D eigenvalue weighted by Crippen LogP contribution is -2.49. The van der Waals surface area contributed by atoms with Gasteiger partial charge in [-0.2, -0.15) is 0 Å². The normalized spacial score (nSPS) is 20.4. The molecule has 0 N–H and O–H groups in total. The van der Waals surface area contributed by atoms with Gasteiger partial charge in [-0.1, -0.05) is 18.2 Å². The molecule has 2 atom stereocenters. The van der Waals surface area contributed by atoms with E-state index < -0.39 is 5.63 Å². The zero-order chi connectivity index (χ0) is 20.1. The molecule has 0 aliphatic carbocycles. The third-order valence-corrected chi connectivity index (χ3v) is 5.94. The Morgan fingerprint density at radius 1 is 1.10 bits per heavy atom. The number of para-hydroxylation sites is 1. The Hall–Kier alpha value is -3.35. The van der Waals surface area contributed by atoms with Crippen molar-refractivity contribution < 1.29 is 13.9 Å². The molecule has 2 aliphatic rings. The molecule has 5 rings (SSSR count). The van der Waals surface area contributed by atoms with E-state index in [1.54, 1.807) is 41.3 Å². The lowest BCUT2D eigenvalue weighted by atomic mass is 9.83. The number of carbonyl (C=O) groups excluding carboxylic acids is 1. The van der Waals surface area contributed by atoms with E-state index in [2.05, 4.69) is 0 Å². The number of piperidine rings is 1.